The zero-order valence-electron chi connectivity index (χ0n) is 17.4. The maximum atomic E-state index is 13.8. The summed E-state index contributed by atoms with van der Waals surface area (Å²) in [6, 6.07) is 22.3. The molecule has 2 heterocycles. The number of aromatic nitrogens is 3. The molecule has 0 aliphatic heterocycles. The molecule has 0 atom stereocenters. The van der Waals surface area contributed by atoms with Crippen molar-refractivity contribution in [1.82, 2.24) is 15.0 Å². The molecular formula is C25H17F2N3OS2. The lowest BCUT2D eigenvalue weighted by molar-refractivity contribution is 0.415. The first-order chi connectivity index (χ1) is 16.1. The van der Waals surface area contributed by atoms with Gasteiger partial charge in [0, 0.05) is 15.5 Å². The van der Waals surface area contributed by atoms with Crippen molar-refractivity contribution in [2.45, 2.75) is 20.0 Å². The van der Waals surface area contributed by atoms with Gasteiger partial charge in [-0.25, -0.2) is 18.7 Å². The number of methoxy groups -OCH3 is 1. The molecule has 0 saturated heterocycles. The summed E-state index contributed by atoms with van der Waals surface area (Å²) in [5.41, 5.74) is 2.49. The Labute approximate surface area is 197 Å². The van der Waals surface area contributed by atoms with Crippen molar-refractivity contribution in [2.24, 2.45) is 0 Å². The van der Waals surface area contributed by atoms with Crippen LogP contribution < -0.4 is 4.74 Å². The molecule has 0 aliphatic rings. The summed E-state index contributed by atoms with van der Waals surface area (Å²) in [6.45, 7) is 0. The molecule has 0 amide bonds. The number of H-pyrrole nitrogens is 1. The monoisotopic (exact) mass is 477 g/mol. The van der Waals surface area contributed by atoms with Crippen LogP contribution in [0.2, 0.25) is 0 Å². The van der Waals surface area contributed by atoms with Crippen molar-refractivity contribution < 1.29 is 13.5 Å². The highest BCUT2D eigenvalue weighted by Gasteiger charge is 2.15. The summed E-state index contributed by atoms with van der Waals surface area (Å²) in [4.78, 5) is 14.2. The van der Waals surface area contributed by atoms with E-state index in [1.54, 1.807) is 25.3 Å². The Bertz CT molecular complexity index is 1440. The van der Waals surface area contributed by atoms with Crippen molar-refractivity contribution in [3.05, 3.63) is 90.5 Å². The lowest BCUT2D eigenvalue weighted by Crippen LogP contribution is -1.91. The molecule has 0 bridgehead atoms. The highest BCUT2D eigenvalue weighted by molar-refractivity contribution is 8.00. The van der Waals surface area contributed by atoms with Gasteiger partial charge in [0.1, 0.15) is 28.1 Å². The van der Waals surface area contributed by atoms with Gasteiger partial charge in [0.2, 0.25) is 0 Å². The van der Waals surface area contributed by atoms with Crippen LogP contribution in [0.1, 0.15) is 0 Å². The Morgan fingerprint density at radius 2 is 1.45 bits per heavy atom. The first kappa shape index (κ1) is 21.5. The maximum absolute atomic E-state index is 13.8. The van der Waals surface area contributed by atoms with Gasteiger partial charge in [-0.05, 0) is 84.1 Å². The molecule has 0 radical (unpaired) electrons. The van der Waals surface area contributed by atoms with Gasteiger partial charge < -0.3 is 9.72 Å². The first-order valence-corrected chi connectivity index (χ1v) is 11.6. The Morgan fingerprint density at radius 3 is 2.09 bits per heavy atom. The van der Waals surface area contributed by atoms with Gasteiger partial charge in [-0.2, -0.15) is 0 Å². The van der Waals surface area contributed by atoms with E-state index < -0.39 is 0 Å². The second kappa shape index (κ2) is 9.25. The molecular weight excluding hydrogens is 460 g/mol. The first-order valence-electron chi connectivity index (χ1n) is 9.99. The normalized spacial score (nSPS) is 11.1. The average Bonchev–Trinajstić information content (AvgIpc) is 3.24. The molecule has 1 N–H and O–H groups in total. The third-order valence-corrected chi connectivity index (χ3v) is 6.70. The Balaban J connectivity index is 1.59. The van der Waals surface area contributed by atoms with Crippen LogP contribution in [-0.2, 0) is 0 Å². The fourth-order valence-corrected chi connectivity index (χ4v) is 5.09. The third kappa shape index (κ3) is 4.86. The van der Waals surface area contributed by atoms with Gasteiger partial charge in [0.15, 0.2) is 5.16 Å². The molecule has 0 fully saturated rings. The topological polar surface area (TPSA) is 50.8 Å². The van der Waals surface area contributed by atoms with Gasteiger partial charge in [0.05, 0.1) is 12.5 Å². The van der Waals surface area contributed by atoms with Gasteiger partial charge in [-0.15, -0.1) is 0 Å². The van der Waals surface area contributed by atoms with Gasteiger partial charge in [-0.3, -0.25) is 0 Å². The smallest absolute Gasteiger partial charge is 0.195 e. The number of ether oxygens (including phenoxy) is 1. The molecule has 3 aromatic carbocycles. The highest BCUT2D eigenvalue weighted by atomic mass is 32.2. The van der Waals surface area contributed by atoms with Crippen LogP contribution in [0.3, 0.4) is 0 Å². The highest BCUT2D eigenvalue weighted by Crippen LogP contribution is 2.37. The Kier molecular flexibility index (Phi) is 6.02. The van der Waals surface area contributed by atoms with Crippen molar-refractivity contribution in [1.29, 1.82) is 0 Å². The number of fused-ring (bicyclic) bond motifs is 1. The van der Waals surface area contributed by atoms with E-state index in [1.165, 1.54) is 47.8 Å². The van der Waals surface area contributed by atoms with E-state index in [-0.39, 0.29) is 11.6 Å². The third-order valence-electron chi connectivity index (χ3n) is 4.85. The molecule has 2 aromatic heterocycles. The van der Waals surface area contributed by atoms with E-state index in [2.05, 4.69) is 9.97 Å². The van der Waals surface area contributed by atoms with Crippen LogP contribution in [0, 0.1) is 11.6 Å². The average molecular weight is 478 g/mol. The minimum atomic E-state index is -0.322. The zero-order valence-corrected chi connectivity index (χ0v) is 19.0. The number of hydrogen-bond donors (Lipinski definition) is 1. The van der Waals surface area contributed by atoms with E-state index in [0.29, 0.717) is 20.7 Å². The predicted octanol–water partition coefficient (Wildman–Crippen LogP) is 7.21. The number of nitrogens with one attached hydrogen (secondary N) is 1. The lowest BCUT2D eigenvalue weighted by Gasteiger charge is -2.06. The summed E-state index contributed by atoms with van der Waals surface area (Å²) < 4.78 is 32.7. The molecule has 0 saturated carbocycles. The second-order valence-electron chi connectivity index (χ2n) is 7.10. The van der Waals surface area contributed by atoms with Crippen molar-refractivity contribution in [2.75, 3.05) is 7.11 Å². The van der Waals surface area contributed by atoms with E-state index >= 15 is 0 Å². The number of hydrogen-bond acceptors (Lipinski definition) is 5. The van der Waals surface area contributed by atoms with Gasteiger partial charge in [0.25, 0.3) is 0 Å². The fraction of sp³-hybridized carbons (Fsp3) is 0.0400. The van der Waals surface area contributed by atoms with E-state index in [9.17, 15) is 8.78 Å². The van der Waals surface area contributed by atoms with E-state index in [1.807, 2.05) is 36.4 Å². The Morgan fingerprint density at radius 1 is 0.788 bits per heavy atom. The summed E-state index contributed by atoms with van der Waals surface area (Å²) >= 11 is 2.62. The second-order valence-corrected chi connectivity index (χ2v) is 9.21. The standard InChI is InChI=1S/C25H17F2N3OS2/c1-31-18-10-8-15(9-11-18)22-14-21-23(28-22)29-25(33-20-7-3-5-17(27)13-20)30-24(21)32-19-6-2-4-16(26)12-19/h2-14H,1H3,(H,28,29,30). The minimum absolute atomic E-state index is 0.312. The molecule has 5 aromatic rings. The molecule has 0 unspecified atom stereocenters. The van der Waals surface area contributed by atoms with E-state index in [4.69, 9.17) is 9.72 Å². The quantitative estimate of drug-likeness (QED) is 0.207. The van der Waals surface area contributed by atoms with Crippen LogP contribution in [0.15, 0.2) is 98.8 Å². The van der Waals surface area contributed by atoms with Crippen LogP contribution in [0.25, 0.3) is 22.3 Å². The Hall–Kier alpha value is -3.36. The van der Waals surface area contributed by atoms with Crippen molar-refractivity contribution >= 4 is 34.6 Å². The minimum Gasteiger partial charge on any atom is -0.497 e. The number of nitrogens with zero attached hydrogens (tertiary/aromatic N) is 2. The SMILES string of the molecule is COc1ccc(-c2cc3c(Sc4cccc(F)c4)nc(Sc4cccc(F)c4)nc3[nH]2)cc1. The van der Waals surface area contributed by atoms with Crippen LogP contribution in [-0.4, -0.2) is 22.1 Å². The molecule has 5 rings (SSSR count). The van der Waals surface area contributed by atoms with Gasteiger partial charge >= 0.3 is 0 Å². The number of rotatable bonds is 6. The summed E-state index contributed by atoms with van der Waals surface area (Å²) in [5.74, 6) is 0.135. The van der Waals surface area contributed by atoms with Gasteiger partial charge in [-0.1, -0.05) is 23.9 Å². The van der Waals surface area contributed by atoms with E-state index in [0.717, 1.165) is 27.3 Å². The lowest BCUT2D eigenvalue weighted by atomic mass is 10.1. The fourth-order valence-electron chi connectivity index (χ4n) is 3.29. The summed E-state index contributed by atoms with van der Waals surface area (Å²) in [5, 5.41) is 1.97. The van der Waals surface area contributed by atoms with Crippen molar-refractivity contribution in [3.63, 3.8) is 0 Å². The molecule has 8 heteroatoms. The molecule has 4 nitrogen and oxygen atoms in total. The molecule has 0 aliphatic carbocycles. The number of halogens is 2. The summed E-state index contributed by atoms with van der Waals surface area (Å²) in [6.07, 6.45) is 0. The van der Waals surface area contributed by atoms with Crippen LogP contribution in [0.4, 0.5) is 8.78 Å². The predicted molar refractivity (Wildman–Crippen MR) is 127 cm³/mol. The zero-order chi connectivity index (χ0) is 22.8. The number of benzene rings is 3. The largest absolute Gasteiger partial charge is 0.497 e. The summed E-state index contributed by atoms with van der Waals surface area (Å²) in [7, 11) is 1.63. The number of aromatic amines is 1. The molecule has 33 heavy (non-hydrogen) atoms. The maximum Gasteiger partial charge on any atom is 0.195 e. The van der Waals surface area contributed by atoms with Crippen LogP contribution in [0.5, 0.6) is 5.75 Å². The molecule has 0 spiro atoms. The van der Waals surface area contributed by atoms with Crippen molar-refractivity contribution in [3.8, 4) is 17.0 Å². The van der Waals surface area contributed by atoms with Crippen LogP contribution >= 0.6 is 23.5 Å². The molecule has 164 valence electrons.